The highest BCUT2D eigenvalue weighted by molar-refractivity contribution is 6.00. The molecule has 3 unspecified atom stereocenters. The van der Waals surface area contributed by atoms with Crippen LogP contribution in [0.5, 0.6) is 0 Å². The van der Waals surface area contributed by atoms with Crippen molar-refractivity contribution in [1.29, 1.82) is 0 Å². The Hall–Kier alpha value is -9.15. The zero-order valence-corrected chi connectivity index (χ0v) is 49.8. The molecule has 0 bridgehead atoms. The van der Waals surface area contributed by atoms with Crippen LogP contribution < -0.4 is 0 Å². The number of halogens is 1. The Balaban J connectivity index is 0.000000227. The number of ether oxygens (including phenoxy) is 3. The maximum atomic E-state index is 14.9. The molecule has 0 aliphatic carbocycles. The molecule has 87 heavy (non-hydrogen) atoms. The molecule has 458 valence electrons. The monoisotopic (exact) mass is 1200 g/mol. The number of carboxylic acid groups (broad SMARTS) is 4. The summed E-state index contributed by atoms with van der Waals surface area (Å²) in [6.45, 7) is 15.9. The Labute approximate surface area is 502 Å². The number of hydrogen-bond donors (Lipinski definition) is 4. The lowest BCUT2D eigenvalue weighted by molar-refractivity contribution is -0.968. The number of benzene rings is 5. The smallest absolute Gasteiger partial charge is 0.480 e. The minimum atomic E-state index is -2.36. The number of aliphatic carboxylic acids is 4. The SMILES string of the molecule is CC(=O)OCC[N+]1(Cc2ccc(-c3noc(-c4ccc(CC(C)C)cc4)n3)cc2)CCC(C(=O)O)(C(=O)O)CC1C.CC(C)OC(=O)OC1C(C(=O)O)(C(=O)O)CCN(Cc2ccc(-c3noc(-c4ccc(-c5ccccc5)c(F)c4)n3)cc2)C1(C)C. The summed E-state index contributed by atoms with van der Waals surface area (Å²) in [5.74, 6) is -4.67. The fraction of sp³-hybridized carbons (Fsp3) is 0.385. The van der Waals surface area contributed by atoms with Gasteiger partial charge in [0.2, 0.25) is 17.1 Å². The molecule has 0 radical (unpaired) electrons. The zero-order chi connectivity index (χ0) is 63.0. The van der Waals surface area contributed by atoms with Crippen molar-refractivity contribution in [1.82, 2.24) is 25.2 Å². The highest BCUT2D eigenvalue weighted by Crippen LogP contribution is 2.45. The molecule has 0 saturated carbocycles. The van der Waals surface area contributed by atoms with Crippen LogP contribution in [0.3, 0.4) is 0 Å². The number of nitrogens with zero attached hydrogens (tertiary/aromatic N) is 6. The normalized spacial score (nSPS) is 18.7. The van der Waals surface area contributed by atoms with E-state index in [1.807, 2.05) is 90.7 Å². The van der Waals surface area contributed by atoms with Crippen LogP contribution in [0.2, 0.25) is 0 Å². The van der Waals surface area contributed by atoms with Gasteiger partial charge in [0.1, 0.15) is 25.5 Å². The largest absolute Gasteiger partial charge is 0.508 e. The van der Waals surface area contributed by atoms with Gasteiger partial charge in [-0.1, -0.05) is 121 Å². The molecule has 2 aromatic heterocycles. The number of aromatic nitrogens is 4. The molecule has 22 heteroatoms. The molecule has 5 aromatic carbocycles. The van der Waals surface area contributed by atoms with Gasteiger partial charge in [0.25, 0.3) is 11.8 Å². The number of carbonyl (C=O) groups excluding carboxylic acids is 2. The molecule has 0 spiro atoms. The first kappa shape index (κ1) is 63.9. The predicted molar refractivity (Wildman–Crippen MR) is 314 cm³/mol. The van der Waals surface area contributed by atoms with E-state index < -0.39 is 70.4 Å². The van der Waals surface area contributed by atoms with E-state index in [-0.39, 0.29) is 44.3 Å². The fourth-order valence-electron chi connectivity index (χ4n) is 11.6. The van der Waals surface area contributed by atoms with Crippen LogP contribution in [0.1, 0.15) is 91.3 Å². The van der Waals surface area contributed by atoms with Crippen LogP contribution >= 0.6 is 0 Å². The molecule has 4 N–H and O–H groups in total. The summed E-state index contributed by atoms with van der Waals surface area (Å²) >= 11 is 0. The van der Waals surface area contributed by atoms with E-state index >= 15 is 0 Å². The number of carbonyl (C=O) groups is 6. The topological polar surface area (TPSA) is 292 Å². The summed E-state index contributed by atoms with van der Waals surface area (Å²) in [4.78, 5) is 83.5. The number of piperidine rings is 2. The van der Waals surface area contributed by atoms with Gasteiger partial charge in [-0.2, -0.15) is 9.97 Å². The maximum absolute atomic E-state index is 14.9. The number of likely N-dealkylation sites (tertiary alicyclic amines) is 2. The summed E-state index contributed by atoms with van der Waals surface area (Å²) in [6.07, 6.45) is -2.56. The highest BCUT2D eigenvalue weighted by Gasteiger charge is 2.64. The van der Waals surface area contributed by atoms with Crippen molar-refractivity contribution in [2.45, 2.75) is 118 Å². The van der Waals surface area contributed by atoms with Gasteiger partial charge in [0.05, 0.1) is 24.2 Å². The van der Waals surface area contributed by atoms with Crippen LogP contribution in [0.15, 0.2) is 130 Å². The maximum Gasteiger partial charge on any atom is 0.508 e. The number of esters is 1. The highest BCUT2D eigenvalue weighted by atomic mass is 19.1. The van der Waals surface area contributed by atoms with Gasteiger partial charge < -0.3 is 48.2 Å². The van der Waals surface area contributed by atoms with E-state index in [1.54, 1.807) is 52.0 Å². The number of quaternary nitrogens is 1. The van der Waals surface area contributed by atoms with Crippen LogP contribution in [0, 0.1) is 22.6 Å². The van der Waals surface area contributed by atoms with Gasteiger partial charge >= 0.3 is 36.0 Å². The van der Waals surface area contributed by atoms with Gasteiger partial charge in [-0.3, -0.25) is 28.9 Å². The Kier molecular flexibility index (Phi) is 19.5. The van der Waals surface area contributed by atoms with Crippen LogP contribution in [-0.4, -0.2) is 136 Å². The molecule has 2 fully saturated rings. The molecule has 2 saturated heterocycles. The minimum Gasteiger partial charge on any atom is -0.480 e. The third-order valence-electron chi connectivity index (χ3n) is 16.5. The van der Waals surface area contributed by atoms with Crippen molar-refractivity contribution in [2.75, 3.05) is 26.2 Å². The zero-order valence-electron chi connectivity index (χ0n) is 49.8. The molecule has 4 heterocycles. The average molecular weight is 1200 g/mol. The molecule has 2 aliphatic heterocycles. The first-order valence-corrected chi connectivity index (χ1v) is 28.6. The van der Waals surface area contributed by atoms with Gasteiger partial charge in [-0.15, -0.1) is 0 Å². The van der Waals surface area contributed by atoms with E-state index in [4.69, 9.17) is 23.3 Å². The van der Waals surface area contributed by atoms with E-state index in [9.17, 15) is 53.6 Å². The molecule has 21 nitrogen and oxygen atoms in total. The average Bonchev–Trinajstić information content (AvgIpc) is 1.62. The standard InChI is InChI=1S/C34H34FN3O8.C31H37N3O7/c1-20(2)44-32(43)45-29-33(3,4)38(17-16-34(29,30(39)40)31(41)42)19-21-10-12-23(13-11-21)27-36-28(46-37-27)24-14-15-25(26(35)18-24)22-8-6-5-7-9-22;1-20(2)17-23-5-11-26(12-6-23)28-32-27(33-41-28)25-9-7-24(8-10-25)19-34(15-16-40-22(4)35)14-13-31(29(36)37,30(38)39)18-21(34)3/h5-15,18,20,29H,16-17,19H2,1-4H3,(H,39,40)(H,41,42);5-12,20-21H,13-19H2,1-4H3,(H-,36,37,38,39)/p+1. The van der Waals surface area contributed by atoms with E-state index in [0.717, 1.165) is 34.2 Å². The van der Waals surface area contributed by atoms with Crippen molar-refractivity contribution < 1.29 is 81.3 Å². The molecule has 7 aromatic rings. The molecule has 0 amide bonds. The van der Waals surface area contributed by atoms with Gasteiger partial charge in [-0.05, 0) is 94.3 Å². The molecule has 9 rings (SSSR count). The predicted octanol–water partition coefficient (Wildman–Crippen LogP) is 11.1. The van der Waals surface area contributed by atoms with Gasteiger partial charge in [-0.25, -0.2) is 9.18 Å². The second-order valence-corrected chi connectivity index (χ2v) is 23.6. The van der Waals surface area contributed by atoms with Crippen molar-refractivity contribution >= 4 is 36.0 Å². The van der Waals surface area contributed by atoms with Crippen molar-refractivity contribution in [2.24, 2.45) is 16.7 Å². The number of hydrogen-bond acceptors (Lipinski definition) is 16. The molecular formula is C65H72FN6O15+. The molecule has 2 aliphatic rings. The minimum absolute atomic E-state index is 0.00968. The van der Waals surface area contributed by atoms with Crippen LogP contribution in [-0.2, 0) is 57.7 Å². The second-order valence-electron chi connectivity index (χ2n) is 23.6. The summed E-state index contributed by atoms with van der Waals surface area (Å²) < 4.78 is 42.0. The van der Waals surface area contributed by atoms with Crippen molar-refractivity contribution in [3.8, 4) is 56.8 Å². The summed E-state index contributed by atoms with van der Waals surface area (Å²) in [7, 11) is 0. The molecule has 3 atom stereocenters. The quantitative estimate of drug-likeness (QED) is 0.0313. The van der Waals surface area contributed by atoms with Crippen molar-refractivity contribution in [3.63, 3.8) is 0 Å². The van der Waals surface area contributed by atoms with Gasteiger partial charge in [0.15, 0.2) is 11.5 Å². The summed E-state index contributed by atoms with van der Waals surface area (Å²) in [5, 5.41) is 47.8. The molecular weight excluding hydrogens is 1120 g/mol. The first-order chi connectivity index (χ1) is 41.3. The lowest BCUT2D eigenvalue weighted by Gasteiger charge is -2.52. The Morgan fingerprint density at radius 1 is 0.690 bits per heavy atom. The first-order valence-electron chi connectivity index (χ1n) is 28.6. The van der Waals surface area contributed by atoms with Crippen LogP contribution in [0.25, 0.3) is 56.8 Å². The third kappa shape index (κ3) is 14.2. The summed E-state index contributed by atoms with van der Waals surface area (Å²) in [6, 6.07) is 36.7. The Bertz CT molecular complexity index is 3560. The number of rotatable bonds is 20. The van der Waals surface area contributed by atoms with E-state index in [1.165, 1.54) is 18.6 Å². The van der Waals surface area contributed by atoms with Crippen LogP contribution in [0.4, 0.5) is 9.18 Å². The third-order valence-corrected chi connectivity index (χ3v) is 16.5. The van der Waals surface area contributed by atoms with E-state index in [0.29, 0.717) is 70.8 Å². The number of carboxylic acids is 4. The Morgan fingerprint density at radius 2 is 1.23 bits per heavy atom. The lowest BCUT2D eigenvalue weighted by Crippen LogP contribution is -2.69. The van der Waals surface area contributed by atoms with Crippen molar-refractivity contribution in [3.05, 3.63) is 144 Å². The van der Waals surface area contributed by atoms with Gasteiger partial charge in [0, 0.05) is 66.2 Å². The summed E-state index contributed by atoms with van der Waals surface area (Å²) in [5.41, 5.74) is 1.60. The second kappa shape index (κ2) is 26.6. The van der Waals surface area contributed by atoms with E-state index in [2.05, 4.69) is 46.3 Å². The lowest BCUT2D eigenvalue weighted by atomic mass is 9.67. The fourth-order valence-corrected chi connectivity index (χ4v) is 11.6. The Morgan fingerprint density at radius 3 is 1.75 bits per heavy atom.